The SMILES string of the molecule is Cc1cc2oc3c(c(=O)c2cc1C)C(c1ccc(F)cc1)N(Cc1ccccc1)C3=O. The molecule has 0 radical (unpaired) electrons. The van der Waals surface area contributed by atoms with E-state index in [1.807, 2.05) is 50.2 Å². The van der Waals surface area contributed by atoms with E-state index in [4.69, 9.17) is 4.42 Å². The first-order valence-electron chi connectivity index (χ1n) is 10.1. The fraction of sp³-hybridized carbons (Fsp3) is 0.154. The minimum Gasteiger partial charge on any atom is -0.450 e. The summed E-state index contributed by atoms with van der Waals surface area (Å²) in [7, 11) is 0. The molecule has 154 valence electrons. The number of halogens is 1. The topological polar surface area (TPSA) is 50.5 Å². The standard InChI is InChI=1S/C26H20FNO3/c1-15-12-20-21(13-16(15)2)31-25-22(24(20)29)23(18-8-10-19(27)11-9-18)28(26(25)30)14-17-6-4-3-5-7-17/h3-13,23H,14H2,1-2H3. The number of amides is 1. The van der Waals surface area contributed by atoms with Crippen LogP contribution in [0, 0.1) is 19.7 Å². The van der Waals surface area contributed by atoms with Crippen molar-refractivity contribution in [1.29, 1.82) is 0 Å². The lowest BCUT2D eigenvalue weighted by atomic mass is 9.97. The number of hydrogen-bond acceptors (Lipinski definition) is 3. The zero-order valence-electron chi connectivity index (χ0n) is 17.2. The van der Waals surface area contributed by atoms with E-state index in [-0.39, 0.29) is 22.9 Å². The van der Waals surface area contributed by atoms with Gasteiger partial charge in [-0.05, 0) is 60.4 Å². The van der Waals surface area contributed by atoms with Gasteiger partial charge in [0, 0.05) is 6.54 Å². The molecule has 1 aliphatic heterocycles. The number of carbonyl (C=O) groups is 1. The van der Waals surface area contributed by atoms with Crippen LogP contribution in [0.1, 0.15) is 44.4 Å². The molecule has 4 nitrogen and oxygen atoms in total. The van der Waals surface area contributed by atoms with Gasteiger partial charge in [0.2, 0.25) is 5.76 Å². The summed E-state index contributed by atoms with van der Waals surface area (Å²) >= 11 is 0. The van der Waals surface area contributed by atoms with Crippen LogP contribution >= 0.6 is 0 Å². The summed E-state index contributed by atoms with van der Waals surface area (Å²) in [6.07, 6.45) is 0. The van der Waals surface area contributed by atoms with Gasteiger partial charge in [-0.3, -0.25) is 9.59 Å². The predicted molar refractivity (Wildman–Crippen MR) is 117 cm³/mol. The maximum atomic E-state index is 13.6. The monoisotopic (exact) mass is 413 g/mol. The maximum Gasteiger partial charge on any atom is 0.291 e. The van der Waals surface area contributed by atoms with E-state index in [9.17, 15) is 14.0 Å². The van der Waals surface area contributed by atoms with E-state index < -0.39 is 6.04 Å². The molecule has 0 spiro atoms. The molecule has 0 bridgehead atoms. The van der Waals surface area contributed by atoms with E-state index in [0.717, 1.165) is 16.7 Å². The lowest BCUT2D eigenvalue weighted by Crippen LogP contribution is -2.29. The van der Waals surface area contributed by atoms with Crippen molar-refractivity contribution in [1.82, 2.24) is 4.90 Å². The fourth-order valence-electron chi connectivity index (χ4n) is 4.21. The van der Waals surface area contributed by atoms with Gasteiger partial charge in [0.1, 0.15) is 11.4 Å². The molecular weight excluding hydrogens is 393 g/mol. The highest BCUT2D eigenvalue weighted by molar-refractivity contribution is 5.99. The third-order valence-corrected chi connectivity index (χ3v) is 5.96. The Morgan fingerprint density at radius 1 is 0.935 bits per heavy atom. The van der Waals surface area contributed by atoms with E-state index >= 15 is 0 Å². The van der Waals surface area contributed by atoms with E-state index in [1.54, 1.807) is 23.1 Å². The van der Waals surface area contributed by atoms with Crippen LogP contribution in [0.2, 0.25) is 0 Å². The number of nitrogens with zero attached hydrogens (tertiary/aromatic N) is 1. The molecule has 3 aromatic carbocycles. The van der Waals surface area contributed by atoms with Gasteiger partial charge in [0.25, 0.3) is 5.91 Å². The highest BCUT2D eigenvalue weighted by Gasteiger charge is 2.42. The molecule has 31 heavy (non-hydrogen) atoms. The zero-order valence-corrected chi connectivity index (χ0v) is 17.2. The fourth-order valence-corrected chi connectivity index (χ4v) is 4.21. The average molecular weight is 413 g/mol. The largest absolute Gasteiger partial charge is 0.450 e. The van der Waals surface area contributed by atoms with Crippen molar-refractivity contribution in [3.8, 4) is 0 Å². The second-order valence-electron chi connectivity index (χ2n) is 7.98. The van der Waals surface area contributed by atoms with Crippen LogP contribution < -0.4 is 5.43 Å². The molecule has 1 amide bonds. The lowest BCUT2D eigenvalue weighted by molar-refractivity contribution is 0.0714. The minimum absolute atomic E-state index is 0.0611. The number of benzene rings is 3. The van der Waals surface area contributed by atoms with Gasteiger partial charge < -0.3 is 9.32 Å². The Balaban J connectivity index is 1.75. The second kappa shape index (κ2) is 7.20. The maximum absolute atomic E-state index is 13.6. The molecule has 0 saturated heterocycles. The predicted octanol–water partition coefficient (Wildman–Crippen LogP) is 5.29. The Bertz CT molecular complexity index is 1370. The van der Waals surface area contributed by atoms with Crippen molar-refractivity contribution in [2.45, 2.75) is 26.4 Å². The van der Waals surface area contributed by atoms with Crippen molar-refractivity contribution in [3.63, 3.8) is 0 Å². The van der Waals surface area contributed by atoms with Crippen LogP contribution in [-0.4, -0.2) is 10.8 Å². The first kappa shape index (κ1) is 19.2. The molecule has 2 heterocycles. The van der Waals surface area contributed by atoms with Crippen molar-refractivity contribution in [2.75, 3.05) is 0 Å². The number of carbonyl (C=O) groups excluding carboxylic acids is 1. The molecule has 1 aromatic heterocycles. The van der Waals surface area contributed by atoms with Gasteiger partial charge in [0.05, 0.1) is 17.0 Å². The van der Waals surface area contributed by atoms with E-state index in [0.29, 0.717) is 28.6 Å². The third-order valence-electron chi connectivity index (χ3n) is 5.96. The van der Waals surface area contributed by atoms with Crippen LogP contribution in [0.4, 0.5) is 4.39 Å². The quantitative estimate of drug-likeness (QED) is 0.458. The van der Waals surface area contributed by atoms with Crippen LogP contribution in [-0.2, 0) is 6.54 Å². The van der Waals surface area contributed by atoms with Gasteiger partial charge in [-0.25, -0.2) is 4.39 Å². The lowest BCUT2D eigenvalue weighted by Gasteiger charge is -2.25. The van der Waals surface area contributed by atoms with Crippen molar-refractivity contribution >= 4 is 16.9 Å². The summed E-state index contributed by atoms with van der Waals surface area (Å²) in [6.45, 7) is 4.18. The normalized spacial score (nSPS) is 15.5. The summed E-state index contributed by atoms with van der Waals surface area (Å²) < 4.78 is 19.6. The third kappa shape index (κ3) is 3.13. The van der Waals surface area contributed by atoms with Crippen molar-refractivity contribution < 1.29 is 13.6 Å². The van der Waals surface area contributed by atoms with Crippen LogP contribution in [0.5, 0.6) is 0 Å². The molecule has 1 unspecified atom stereocenters. The van der Waals surface area contributed by atoms with Gasteiger partial charge in [0.15, 0.2) is 5.43 Å². The summed E-state index contributed by atoms with van der Waals surface area (Å²) in [5.41, 5.74) is 4.04. The molecule has 0 saturated carbocycles. The molecule has 0 N–H and O–H groups in total. The Labute approximate surface area is 178 Å². The van der Waals surface area contributed by atoms with Crippen molar-refractivity contribution in [2.24, 2.45) is 0 Å². The van der Waals surface area contributed by atoms with Gasteiger partial charge in [-0.15, -0.1) is 0 Å². The van der Waals surface area contributed by atoms with Gasteiger partial charge >= 0.3 is 0 Å². The average Bonchev–Trinajstić information content (AvgIpc) is 3.03. The Morgan fingerprint density at radius 3 is 2.32 bits per heavy atom. The molecule has 4 aromatic rings. The molecule has 1 atom stereocenters. The van der Waals surface area contributed by atoms with Crippen molar-refractivity contribution in [3.05, 3.63) is 116 Å². The summed E-state index contributed by atoms with van der Waals surface area (Å²) in [4.78, 5) is 28.6. The number of rotatable bonds is 3. The first-order valence-corrected chi connectivity index (χ1v) is 10.1. The molecule has 5 heteroatoms. The number of fused-ring (bicyclic) bond motifs is 2. The van der Waals surface area contributed by atoms with E-state index in [2.05, 4.69) is 0 Å². The molecule has 5 rings (SSSR count). The zero-order chi connectivity index (χ0) is 21.7. The number of hydrogen-bond donors (Lipinski definition) is 0. The Kier molecular flexibility index (Phi) is 4.47. The first-order chi connectivity index (χ1) is 14.9. The van der Waals surface area contributed by atoms with Gasteiger partial charge in [-0.2, -0.15) is 0 Å². The summed E-state index contributed by atoms with van der Waals surface area (Å²) in [5.74, 6) is -0.657. The van der Waals surface area contributed by atoms with E-state index in [1.165, 1.54) is 12.1 Å². The molecule has 0 aliphatic carbocycles. The highest BCUT2D eigenvalue weighted by Crippen LogP contribution is 2.39. The molecule has 0 fully saturated rings. The smallest absolute Gasteiger partial charge is 0.291 e. The second-order valence-corrected chi connectivity index (χ2v) is 7.98. The minimum atomic E-state index is -0.648. The Morgan fingerprint density at radius 2 is 1.61 bits per heavy atom. The van der Waals surface area contributed by atoms with Crippen LogP contribution in [0.15, 0.2) is 75.9 Å². The Hall–Kier alpha value is -3.73. The molecule has 1 aliphatic rings. The summed E-state index contributed by atoms with van der Waals surface area (Å²) in [5, 5.41) is 0.448. The van der Waals surface area contributed by atoms with Crippen LogP contribution in [0.25, 0.3) is 11.0 Å². The molecular formula is C26H20FNO3. The van der Waals surface area contributed by atoms with Gasteiger partial charge in [-0.1, -0.05) is 42.5 Å². The van der Waals surface area contributed by atoms with Crippen LogP contribution in [0.3, 0.4) is 0 Å². The summed E-state index contributed by atoms with van der Waals surface area (Å²) in [6, 6.07) is 18.4. The number of aryl methyl sites for hydroxylation is 2. The highest BCUT2D eigenvalue weighted by atomic mass is 19.1.